The number of nitrogens with one attached hydrogen (secondary N) is 1. The number of aromatic nitrogens is 2. The molecule has 0 atom stereocenters. The second-order valence-corrected chi connectivity index (χ2v) is 7.84. The van der Waals surface area contributed by atoms with Crippen LogP contribution in [0.25, 0.3) is 11.5 Å². The molecular formula is C20H16BrN3O6S. The molecule has 11 heteroatoms. The normalized spacial score (nSPS) is 10.4. The number of esters is 2. The highest BCUT2D eigenvalue weighted by molar-refractivity contribution is 9.10. The minimum Gasteiger partial charge on any atom is -0.465 e. The molecule has 31 heavy (non-hydrogen) atoms. The highest BCUT2D eigenvalue weighted by Gasteiger charge is 2.16. The van der Waals surface area contributed by atoms with Gasteiger partial charge in [-0.1, -0.05) is 33.8 Å². The number of nitrogens with zero attached hydrogens (tertiary/aromatic N) is 2. The lowest BCUT2D eigenvalue weighted by Crippen LogP contribution is -2.16. The lowest BCUT2D eigenvalue weighted by molar-refractivity contribution is -0.113. The first-order valence-electron chi connectivity index (χ1n) is 8.73. The SMILES string of the molecule is COC(=O)c1cc(NC(=O)CSc2nnc(-c3cccc(Br)c3)o2)cc(C(=O)OC)c1. The lowest BCUT2D eigenvalue weighted by Gasteiger charge is -2.09. The molecule has 0 saturated heterocycles. The number of rotatable bonds is 7. The van der Waals surface area contributed by atoms with Gasteiger partial charge in [-0.25, -0.2) is 9.59 Å². The number of methoxy groups -OCH3 is 2. The van der Waals surface area contributed by atoms with E-state index in [-0.39, 0.29) is 27.8 Å². The molecule has 3 rings (SSSR count). The predicted octanol–water partition coefficient (Wildman–Crippen LogP) is 3.80. The van der Waals surface area contributed by atoms with Crippen molar-refractivity contribution in [2.24, 2.45) is 0 Å². The molecule has 0 radical (unpaired) electrons. The summed E-state index contributed by atoms with van der Waals surface area (Å²) in [6, 6.07) is 11.5. The molecule has 0 unspecified atom stereocenters. The van der Waals surface area contributed by atoms with Gasteiger partial charge in [-0.2, -0.15) is 0 Å². The first kappa shape index (κ1) is 22.5. The van der Waals surface area contributed by atoms with Gasteiger partial charge in [0, 0.05) is 15.7 Å². The summed E-state index contributed by atoms with van der Waals surface area (Å²) in [6.45, 7) is 0. The Bertz CT molecular complexity index is 1100. The Labute approximate surface area is 189 Å². The lowest BCUT2D eigenvalue weighted by atomic mass is 10.1. The highest BCUT2D eigenvalue weighted by atomic mass is 79.9. The third-order valence-corrected chi connectivity index (χ3v) is 5.18. The van der Waals surface area contributed by atoms with Crippen LogP contribution in [0.3, 0.4) is 0 Å². The van der Waals surface area contributed by atoms with Crippen molar-refractivity contribution >= 4 is 51.2 Å². The monoisotopic (exact) mass is 505 g/mol. The average molecular weight is 506 g/mol. The number of carbonyl (C=O) groups is 3. The van der Waals surface area contributed by atoms with Gasteiger partial charge in [0.15, 0.2) is 0 Å². The second-order valence-electron chi connectivity index (χ2n) is 6.00. The van der Waals surface area contributed by atoms with E-state index in [9.17, 15) is 14.4 Å². The van der Waals surface area contributed by atoms with Gasteiger partial charge < -0.3 is 19.2 Å². The van der Waals surface area contributed by atoms with Crippen molar-refractivity contribution in [3.05, 3.63) is 58.1 Å². The van der Waals surface area contributed by atoms with Crippen molar-refractivity contribution in [2.75, 3.05) is 25.3 Å². The Morgan fingerprint density at radius 2 is 1.71 bits per heavy atom. The molecule has 0 saturated carbocycles. The van der Waals surface area contributed by atoms with Crippen LogP contribution in [0.4, 0.5) is 5.69 Å². The van der Waals surface area contributed by atoms with Crippen LogP contribution in [0.2, 0.25) is 0 Å². The summed E-state index contributed by atoms with van der Waals surface area (Å²) >= 11 is 4.43. The van der Waals surface area contributed by atoms with E-state index >= 15 is 0 Å². The number of thioether (sulfide) groups is 1. The molecule has 0 spiro atoms. The Morgan fingerprint density at radius 3 is 2.32 bits per heavy atom. The van der Waals surface area contributed by atoms with Gasteiger partial charge in [0.05, 0.1) is 31.1 Å². The first-order chi connectivity index (χ1) is 14.9. The minimum atomic E-state index is -0.651. The van der Waals surface area contributed by atoms with Crippen molar-refractivity contribution in [3.8, 4) is 11.5 Å². The summed E-state index contributed by atoms with van der Waals surface area (Å²) in [5.74, 6) is -1.40. The number of halogens is 1. The maximum atomic E-state index is 12.3. The van der Waals surface area contributed by atoms with Crippen LogP contribution in [-0.2, 0) is 14.3 Å². The van der Waals surface area contributed by atoms with Gasteiger partial charge in [-0.3, -0.25) is 4.79 Å². The summed E-state index contributed by atoms with van der Waals surface area (Å²) in [5.41, 5.74) is 1.19. The molecule has 9 nitrogen and oxygen atoms in total. The van der Waals surface area contributed by atoms with Crippen LogP contribution in [0.15, 0.2) is 56.6 Å². The third kappa shape index (κ3) is 5.92. The van der Waals surface area contributed by atoms with Crippen LogP contribution < -0.4 is 5.32 Å². The summed E-state index contributed by atoms with van der Waals surface area (Å²) in [5, 5.41) is 10.8. The molecule has 3 aromatic rings. The Balaban J connectivity index is 1.67. The molecule has 1 aromatic heterocycles. The van der Waals surface area contributed by atoms with E-state index in [0.29, 0.717) is 5.89 Å². The van der Waals surface area contributed by atoms with Crippen molar-refractivity contribution in [1.82, 2.24) is 10.2 Å². The van der Waals surface area contributed by atoms with Crippen molar-refractivity contribution in [2.45, 2.75) is 5.22 Å². The number of ether oxygens (including phenoxy) is 2. The molecule has 1 heterocycles. The van der Waals surface area contributed by atoms with E-state index in [1.807, 2.05) is 24.3 Å². The Morgan fingerprint density at radius 1 is 1.03 bits per heavy atom. The van der Waals surface area contributed by atoms with Gasteiger partial charge in [0.1, 0.15) is 0 Å². The maximum absolute atomic E-state index is 12.3. The molecule has 1 amide bonds. The van der Waals surface area contributed by atoms with Gasteiger partial charge in [0.25, 0.3) is 5.22 Å². The van der Waals surface area contributed by atoms with E-state index < -0.39 is 17.8 Å². The molecule has 0 aliphatic carbocycles. The van der Waals surface area contributed by atoms with Gasteiger partial charge in [-0.15, -0.1) is 10.2 Å². The average Bonchev–Trinajstić information content (AvgIpc) is 3.25. The number of carbonyl (C=O) groups excluding carboxylic acids is 3. The smallest absolute Gasteiger partial charge is 0.337 e. The van der Waals surface area contributed by atoms with E-state index in [2.05, 4.69) is 40.9 Å². The summed E-state index contributed by atoms with van der Waals surface area (Å²) < 4.78 is 15.8. The zero-order valence-electron chi connectivity index (χ0n) is 16.4. The zero-order valence-corrected chi connectivity index (χ0v) is 18.8. The van der Waals surface area contributed by atoms with E-state index in [1.54, 1.807) is 0 Å². The van der Waals surface area contributed by atoms with Crippen LogP contribution in [-0.4, -0.2) is 48.0 Å². The first-order valence-corrected chi connectivity index (χ1v) is 10.5. The third-order valence-electron chi connectivity index (χ3n) is 3.86. The zero-order chi connectivity index (χ0) is 22.4. The molecule has 0 aliphatic rings. The summed E-state index contributed by atoms with van der Waals surface area (Å²) in [6.07, 6.45) is 0. The number of anilines is 1. The van der Waals surface area contributed by atoms with Crippen molar-refractivity contribution in [3.63, 3.8) is 0 Å². The van der Waals surface area contributed by atoms with Crippen molar-refractivity contribution in [1.29, 1.82) is 0 Å². The fourth-order valence-electron chi connectivity index (χ4n) is 2.50. The molecule has 160 valence electrons. The second kappa shape index (κ2) is 10.2. The van der Waals surface area contributed by atoms with Crippen LogP contribution in [0.5, 0.6) is 0 Å². The van der Waals surface area contributed by atoms with E-state index in [0.717, 1.165) is 21.8 Å². The Kier molecular flexibility index (Phi) is 7.42. The summed E-state index contributed by atoms with van der Waals surface area (Å²) in [4.78, 5) is 36.0. The van der Waals surface area contributed by atoms with Gasteiger partial charge in [0.2, 0.25) is 11.8 Å². The fourth-order valence-corrected chi connectivity index (χ4v) is 3.46. The molecule has 0 fully saturated rings. The maximum Gasteiger partial charge on any atom is 0.337 e. The fraction of sp³-hybridized carbons (Fsp3) is 0.150. The number of hydrogen-bond donors (Lipinski definition) is 1. The predicted molar refractivity (Wildman–Crippen MR) is 116 cm³/mol. The quantitative estimate of drug-likeness (QED) is 0.377. The number of hydrogen-bond acceptors (Lipinski definition) is 9. The van der Waals surface area contributed by atoms with Crippen LogP contribution >= 0.6 is 27.7 Å². The molecule has 1 N–H and O–H groups in total. The topological polar surface area (TPSA) is 121 Å². The molecule has 0 aliphatic heterocycles. The van der Waals surface area contributed by atoms with Gasteiger partial charge >= 0.3 is 11.9 Å². The largest absolute Gasteiger partial charge is 0.465 e. The van der Waals surface area contributed by atoms with E-state index in [4.69, 9.17) is 4.42 Å². The molecule has 2 aromatic carbocycles. The summed E-state index contributed by atoms with van der Waals surface area (Å²) in [7, 11) is 2.43. The highest BCUT2D eigenvalue weighted by Crippen LogP contribution is 2.25. The van der Waals surface area contributed by atoms with Gasteiger partial charge in [-0.05, 0) is 36.4 Å². The van der Waals surface area contributed by atoms with Crippen LogP contribution in [0, 0.1) is 0 Å². The molecule has 0 bridgehead atoms. The number of amides is 1. The van der Waals surface area contributed by atoms with Crippen molar-refractivity contribution < 1.29 is 28.3 Å². The number of benzene rings is 2. The van der Waals surface area contributed by atoms with E-state index in [1.165, 1.54) is 32.4 Å². The molecular weight excluding hydrogens is 490 g/mol. The minimum absolute atomic E-state index is 0.0316. The standard InChI is InChI=1S/C20H16BrN3O6S/c1-28-18(26)12-6-13(19(27)29-2)9-15(8-12)22-16(25)10-31-20-24-23-17(30-20)11-4-3-5-14(21)7-11/h3-9H,10H2,1-2H3,(H,22,25). The van der Waals surface area contributed by atoms with Crippen LogP contribution in [0.1, 0.15) is 20.7 Å². The Hall–Kier alpha value is -3.18.